The molecular weight excluding hydrogens is 264 g/mol. The number of rotatable bonds is 1. The van der Waals surface area contributed by atoms with Crippen molar-refractivity contribution in [1.29, 1.82) is 0 Å². The average molecular weight is 278 g/mol. The largest absolute Gasteiger partial charge is 0.508 e. The van der Waals surface area contributed by atoms with E-state index in [-0.39, 0.29) is 17.3 Å². The number of fused-ring (bicyclic) bond motifs is 1. The number of phenols is 1. The van der Waals surface area contributed by atoms with Gasteiger partial charge in [0.2, 0.25) is 0 Å². The molecule has 3 nitrogen and oxygen atoms in total. The second kappa shape index (κ2) is 4.70. The Morgan fingerprint density at radius 1 is 0.857 bits per heavy atom. The molecule has 0 aromatic heterocycles. The number of carbonyl (C=O) groups is 2. The summed E-state index contributed by atoms with van der Waals surface area (Å²) in [6, 6.07) is 11.9. The number of allylic oxidation sites excluding steroid dienone is 2. The molecule has 0 aliphatic heterocycles. The summed E-state index contributed by atoms with van der Waals surface area (Å²) in [5.41, 5.74) is 2.95. The van der Waals surface area contributed by atoms with Crippen LogP contribution in [0.25, 0.3) is 5.57 Å². The van der Waals surface area contributed by atoms with Crippen molar-refractivity contribution in [3.8, 4) is 5.75 Å². The summed E-state index contributed by atoms with van der Waals surface area (Å²) in [6.07, 6.45) is 0. The highest BCUT2D eigenvalue weighted by atomic mass is 16.3. The molecule has 0 saturated heterocycles. The minimum Gasteiger partial charge on any atom is -0.508 e. The number of phenolic OH excluding ortho intramolecular Hbond substituents is 1. The summed E-state index contributed by atoms with van der Waals surface area (Å²) in [5, 5.41) is 9.85. The molecule has 1 aliphatic rings. The van der Waals surface area contributed by atoms with Gasteiger partial charge in [0.15, 0.2) is 11.6 Å². The van der Waals surface area contributed by atoms with Gasteiger partial charge in [-0.15, -0.1) is 0 Å². The number of hydrogen-bond donors (Lipinski definition) is 1. The molecule has 0 radical (unpaired) electrons. The Balaban J connectivity index is 2.23. The topological polar surface area (TPSA) is 54.4 Å². The lowest BCUT2D eigenvalue weighted by Crippen LogP contribution is -2.20. The van der Waals surface area contributed by atoms with Crippen molar-refractivity contribution < 1.29 is 14.7 Å². The Labute approximate surface area is 122 Å². The van der Waals surface area contributed by atoms with Gasteiger partial charge in [0.1, 0.15) is 5.75 Å². The molecule has 0 saturated carbocycles. The summed E-state index contributed by atoms with van der Waals surface area (Å²) in [6.45, 7) is 3.44. The van der Waals surface area contributed by atoms with Gasteiger partial charge in [0, 0.05) is 22.3 Å². The molecular formula is C18H14O3. The molecule has 0 atom stereocenters. The Morgan fingerprint density at radius 3 is 2.10 bits per heavy atom. The smallest absolute Gasteiger partial charge is 0.194 e. The second-order valence-corrected chi connectivity index (χ2v) is 5.21. The van der Waals surface area contributed by atoms with Gasteiger partial charge in [-0.3, -0.25) is 9.59 Å². The molecule has 21 heavy (non-hydrogen) atoms. The van der Waals surface area contributed by atoms with E-state index in [1.54, 1.807) is 50.2 Å². The first-order chi connectivity index (χ1) is 10.0. The van der Waals surface area contributed by atoms with Crippen LogP contribution in [0, 0.1) is 6.92 Å². The third-order valence-corrected chi connectivity index (χ3v) is 3.86. The minimum absolute atomic E-state index is 0.118. The van der Waals surface area contributed by atoms with E-state index in [0.29, 0.717) is 27.8 Å². The molecule has 0 bridgehead atoms. The number of Topliss-reactive ketones (excluding diaryl/α,β-unsaturated/α-hetero) is 2. The third-order valence-electron chi connectivity index (χ3n) is 3.86. The van der Waals surface area contributed by atoms with Gasteiger partial charge in [0.25, 0.3) is 0 Å². The summed E-state index contributed by atoms with van der Waals surface area (Å²) in [4.78, 5) is 25.1. The van der Waals surface area contributed by atoms with Crippen LogP contribution in [0.15, 0.2) is 48.0 Å². The van der Waals surface area contributed by atoms with E-state index in [1.165, 1.54) is 6.07 Å². The molecule has 1 N–H and O–H groups in total. The van der Waals surface area contributed by atoms with E-state index in [1.807, 2.05) is 0 Å². The first-order valence-corrected chi connectivity index (χ1v) is 6.70. The zero-order valence-electron chi connectivity index (χ0n) is 11.8. The fourth-order valence-corrected chi connectivity index (χ4v) is 2.61. The highest BCUT2D eigenvalue weighted by Gasteiger charge is 2.30. The van der Waals surface area contributed by atoms with Gasteiger partial charge in [-0.05, 0) is 31.0 Å². The fourth-order valence-electron chi connectivity index (χ4n) is 2.61. The Bertz CT molecular complexity index is 813. The van der Waals surface area contributed by atoms with Crippen molar-refractivity contribution in [3.63, 3.8) is 0 Å². The van der Waals surface area contributed by atoms with Crippen molar-refractivity contribution in [1.82, 2.24) is 0 Å². The molecule has 0 fully saturated rings. The fraction of sp³-hybridized carbons (Fsp3) is 0.111. The van der Waals surface area contributed by atoms with Gasteiger partial charge < -0.3 is 5.11 Å². The molecule has 0 spiro atoms. The van der Waals surface area contributed by atoms with Crippen molar-refractivity contribution >= 4 is 17.1 Å². The van der Waals surface area contributed by atoms with Gasteiger partial charge in [-0.1, -0.05) is 36.4 Å². The number of benzene rings is 2. The monoisotopic (exact) mass is 278 g/mol. The van der Waals surface area contributed by atoms with Crippen LogP contribution in [0.3, 0.4) is 0 Å². The number of aromatic hydroxyl groups is 1. The number of ketones is 2. The summed E-state index contributed by atoms with van der Waals surface area (Å²) in [5.74, 6) is -0.196. The molecule has 2 aromatic carbocycles. The zero-order chi connectivity index (χ0) is 15.1. The lowest BCUT2D eigenvalue weighted by molar-refractivity contribution is 0.0992. The van der Waals surface area contributed by atoms with Crippen molar-refractivity contribution in [2.45, 2.75) is 13.8 Å². The van der Waals surface area contributed by atoms with E-state index in [9.17, 15) is 14.7 Å². The van der Waals surface area contributed by atoms with Crippen LogP contribution in [0.4, 0.5) is 0 Å². The first kappa shape index (κ1) is 13.3. The molecule has 2 aromatic rings. The van der Waals surface area contributed by atoms with E-state index in [2.05, 4.69) is 0 Å². The molecule has 3 rings (SSSR count). The van der Waals surface area contributed by atoms with Gasteiger partial charge in [-0.25, -0.2) is 0 Å². The highest BCUT2D eigenvalue weighted by Crippen LogP contribution is 2.33. The van der Waals surface area contributed by atoms with Crippen LogP contribution in [0.5, 0.6) is 5.75 Å². The zero-order valence-corrected chi connectivity index (χ0v) is 11.8. The maximum Gasteiger partial charge on any atom is 0.194 e. The van der Waals surface area contributed by atoms with Crippen LogP contribution < -0.4 is 0 Å². The predicted molar refractivity (Wildman–Crippen MR) is 80.5 cm³/mol. The maximum atomic E-state index is 12.7. The van der Waals surface area contributed by atoms with Gasteiger partial charge >= 0.3 is 0 Å². The molecule has 0 unspecified atom stereocenters. The van der Waals surface area contributed by atoms with Crippen molar-refractivity contribution in [3.05, 3.63) is 70.3 Å². The highest BCUT2D eigenvalue weighted by molar-refractivity contribution is 6.40. The number of hydrogen-bond acceptors (Lipinski definition) is 3. The van der Waals surface area contributed by atoms with Crippen LogP contribution in [0.1, 0.15) is 38.8 Å². The lowest BCUT2D eigenvalue weighted by atomic mass is 9.81. The Hall–Kier alpha value is -2.68. The van der Waals surface area contributed by atoms with E-state index in [0.717, 1.165) is 5.56 Å². The van der Waals surface area contributed by atoms with E-state index >= 15 is 0 Å². The molecule has 1 aliphatic carbocycles. The second-order valence-electron chi connectivity index (χ2n) is 5.21. The summed E-state index contributed by atoms with van der Waals surface area (Å²) < 4.78 is 0. The quantitative estimate of drug-likeness (QED) is 0.867. The molecule has 0 heterocycles. The first-order valence-electron chi connectivity index (χ1n) is 6.70. The minimum atomic E-state index is -0.175. The maximum absolute atomic E-state index is 12.7. The number of aryl methyl sites for hydroxylation is 1. The van der Waals surface area contributed by atoms with Crippen LogP contribution in [-0.4, -0.2) is 16.7 Å². The van der Waals surface area contributed by atoms with E-state index in [4.69, 9.17) is 0 Å². The standard InChI is InChI=1S/C18H14O3/c1-10-7-8-12(9-15(10)19)16-11(2)17(20)13-5-3-4-6-14(13)18(16)21/h3-9,19H,1-2H3. The number of carbonyl (C=O) groups excluding carboxylic acids is 2. The van der Waals surface area contributed by atoms with Crippen molar-refractivity contribution in [2.75, 3.05) is 0 Å². The summed E-state index contributed by atoms with van der Waals surface area (Å²) >= 11 is 0. The van der Waals surface area contributed by atoms with E-state index < -0.39 is 0 Å². The van der Waals surface area contributed by atoms with Gasteiger partial charge in [0.05, 0.1) is 0 Å². The summed E-state index contributed by atoms with van der Waals surface area (Å²) in [7, 11) is 0. The normalized spacial score (nSPS) is 14.4. The predicted octanol–water partition coefficient (Wildman–Crippen LogP) is 3.55. The molecule has 0 amide bonds. The van der Waals surface area contributed by atoms with Crippen LogP contribution in [0.2, 0.25) is 0 Å². The SMILES string of the molecule is CC1=C(c2ccc(C)c(O)c2)C(=O)c2ccccc2C1=O. The van der Waals surface area contributed by atoms with Crippen molar-refractivity contribution in [2.24, 2.45) is 0 Å². The Kier molecular flexibility index (Phi) is 2.98. The molecule has 3 heteroatoms. The van der Waals surface area contributed by atoms with Crippen LogP contribution >= 0.6 is 0 Å². The average Bonchev–Trinajstić information content (AvgIpc) is 2.49. The Morgan fingerprint density at radius 2 is 1.48 bits per heavy atom. The lowest BCUT2D eigenvalue weighted by Gasteiger charge is -2.19. The van der Waals surface area contributed by atoms with Crippen LogP contribution in [-0.2, 0) is 0 Å². The molecule has 104 valence electrons. The van der Waals surface area contributed by atoms with Gasteiger partial charge in [-0.2, -0.15) is 0 Å². The third kappa shape index (κ3) is 1.98.